The summed E-state index contributed by atoms with van der Waals surface area (Å²) in [6.45, 7) is 1.94. The van der Waals surface area contributed by atoms with E-state index in [9.17, 15) is 9.18 Å². The van der Waals surface area contributed by atoms with Gasteiger partial charge in [0.2, 0.25) is 0 Å². The molecule has 0 amide bonds. The molecule has 3 rings (SSSR count). The fourth-order valence-electron chi connectivity index (χ4n) is 2.71. The number of hydrogen-bond donors (Lipinski definition) is 3. The molecule has 5 nitrogen and oxygen atoms in total. The molecule has 0 aliphatic carbocycles. The minimum Gasteiger partial charge on any atom is -0.383 e. The van der Waals surface area contributed by atoms with Gasteiger partial charge in [-0.3, -0.25) is 4.79 Å². The lowest BCUT2D eigenvalue weighted by atomic mass is 10.0. The quantitative estimate of drug-likeness (QED) is 0.754. The number of carbonyl (C=O) groups excluding carboxylic acids is 1. The molecule has 1 aromatic carbocycles. The van der Waals surface area contributed by atoms with Crippen molar-refractivity contribution in [3.8, 4) is 0 Å². The van der Waals surface area contributed by atoms with Gasteiger partial charge in [-0.25, -0.2) is 9.37 Å². The topological polar surface area (TPSA) is 80.0 Å². The number of hydrogen-bond acceptors (Lipinski definition) is 5. The van der Waals surface area contributed by atoms with Crippen LogP contribution in [0.15, 0.2) is 36.4 Å². The zero-order chi connectivity index (χ0) is 16.2. The van der Waals surface area contributed by atoms with Gasteiger partial charge < -0.3 is 16.4 Å². The van der Waals surface area contributed by atoms with Crippen LogP contribution in [0.2, 0.25) is 0 Å². The summed E-state index contributed by atoms with van der Waals surface area (Å²) in [4.78, 5) is 16.6. The minimum atomic E-state index is -0.561. The van der Waals surface area contributed by atoms with Gasteiger partial charge in [-0.1, -0.05) is 12.1 Å². The van der Waals surface area contributed by atoms with Crippen LogP contribution in [0.4, 0.5) is 16.0 Å². The summed E-state index contributed by atoms with van der Waals surface area (Å²) in [5.74, 6) is -0.271. The Balaban J connectivity index is 1.79. The van der Waals surface area contributed by atoms with Gasteiger partial charge in [0.05, 0.1) is 11.1 Å². The van der Waals surface area contributed by atoms with E-state index < -0.39 is 11.6 Å². The molecule has 4 N–H and O–H groups in total. The van der Waals surface area contributed by atoms with E-state index in [1.807, 2.05) is 0 Å². The molecule has 0 saturated carbocycles. The normalized spacial score (nSPS) is 15.3. The van der Waals surface area contributed by atoms with Crippen molar-refractivity contribution in [3.63, 3.8) is 0 Å². The van der Waals surface area contributed by atoms with E-state index in [4.69, 9.17) is 5.73 Å². The van der Waals surface area contributed by atoms with Gasteiger partial charge in [-0.05, 0) is 50.2 Å². The molecule has 120 valence electrons. The number of aromatic nitrogens is 1. The van der Waals surface area contributed by atoms with Gasteiger partial charge in [0, 0.05) is 6.04 Å². The average molecular weight is 314 g/mol. The Bertz CT molecular complexity index is 713. The van der Waals surface area contributed by atoms with Crippen LogP contribution in [0.25, 0.3) is 0 Å². The molecule has 0 radical (unpaired) electrons. The number of rotatable bonds is 4. The fourth-order valence-corrected chi connectivity index (χ4v) is 2.71. The second-order valence-corrected chi connectivity index (χ2v) is 5.61. The summed E-state index contributed by atoms with van der Waals surface area (Å²) >= 11 is 0. The van der Waals surface area contributed by atoms with E-state index in [2.05, 4.69) is 15.6 Å². The van der Waals surface area contributed by atoms with Crippen molar-refractivity contribution in [2.75, 3.05) is 24.1 Å². The fraction of sp³-hybridized carbons (Fsp3) is 0.294. The third-order valence-electron chi connectivity index (χ3n) is 3.98. The number of benzene rings is 1. The van der Waals surface area contributed by atoms with E-state index in [0.29, 0.717) is 11.9 Å². The summed E-state index contributed by atoms with van der Waals surface area (Å²) in [6, 6.07) is 9.51. The van der Waals surface area contributed by atoms with Crippen molar-refractivity contribution in [1.29, 1.82) is 0 Å². The number of pyridine rings is 1. The third kappa shape index (κ3) is 3.48. The zero-order valence-electron chi connectivity index (χ0n) is 12.7. The second-order valence-electron chi connectivity index (χ2n) is 5.61. The maximum absolute atomic E-state index is 13.7. The molecule has 23 heavy (non-hydrogen) atoms. The summed E-state index contributed by atoms with van der Waals surface area (Å²) < 4.78 is 13.7. The van der Waals surface area contributed by atoms with Gasteiger partial charge >= 0.3 is 0 Å². The van der Waals surface area contributed by atoms with Crippen LogP contribution in [0.3, 0.4) is 0 Å². The van der Waals surface area contributed by atoms with Crippen LogP contribution in [0.1, 0.15) is 28.8 Å². The lowest BCUT2D eigenvalue weighted by molar-refractivity contribution is 0.103. The third-order valence-corrected chi connectivity index (χ3v) is 3.98. The summed E-state index contributed by atoms with van der Waals surface area (Å²) in [7, 11) is 0. The van der Waals surface area contributed by atoms with E-state index in [1.165, 1.54) is 12.1 Å². The molecule has 0 spiro atoms. The predicted molar refractivity (Wildman–Crippen MR) is 88.0 cm³/mol. The smallest absolute Gasteiger partial charge is 0.199 e. The molecule has 1 saturated heterocycles. The number of carbonyl (C=O) groups is 1. The van der Waals surface area contributed by atoms with Crippen LogP contribution in [-0.2, 0) is 0 Å². The Hall–Kier alpha value is -2.47. The van der Waals surface area contributed by atoms with Gasteiger partial charge in [-0.15, -0.1) is 0 Å². The van der Waals surface area contributed by atoms with Crippen molar-refractivity contribution >= 4 is 17.4 Å². The highest BCUT2D eigenvalue weighted by Gasteiger charge is 2.18. The largest absolute Gasteiger partial charge is 0.383 e. The highest BCUT2D eigenvalue weighted by Crippen LogP contribution is 2.20. The van der Waals surface area contributed by atoms with E-state index >= 15 is 0 Å². The molecule has 2 aromatic rings. The molecular weight excluding hydrogens is 295 g/mol. The summed E-state index contributed by atoms with van der Waals surface area (Å²) in [5, 5.41) is 6.62. The first kappa shape index (κ1) is 15.4. The van der Waals surface area contributed by atoms with Crippen molar-refractivity contribution in [2.24, 2.45) is 0 Å². The highest BCUT2D eigenvalue weighted by molar-refractivity contribution is 6.11. The number of nitrogen functional groups attached to an aromatic ring is 1. The minimum absolute atomic E-state index is 0.0000593. The number of halogens is 1. The van der Waals surface area contributed by atoms with Crippen molar-refractivity contribution in [1.82, 2.24) is 10.3 Å². The lowest BCUT2D eigenvalue weighted by Gasteiger charge is -2.24. The van der Waals surface area contributed by atoms with Gasteiger partial charge in [0.1, 0.15) is 17.5 Å². The Morgan fingerprint density at radius 2 is 1.91 bits per heavy atom. The lowest BCUT2D eigenvalue weighted by Crippen LogP contribution is -2.35. The molecule has 0 atom stereocenters. The van der Waals surface area contributed by atoms with Gasteiger partial charge in [-0.2, -0.15) is 0 Å². The summed E-state index contributed by atoms with van der Waals surface area (Å²) in [5.41, 5.74) is 6.12. The maximum Gasteiger partial charge on any atom is 0.199 e. The first-order valence-electron chi connectivity index (χ1n) is 7.68. The highest BCUT2D eigenvalue weighted by atomic mass is 19.1. The van der Waals surface area contributed by atoms with Crippen molar-refractivity contribution in [2.45, 2.75) is 18.9 Å². The number of nitrogens with one attached hydrogen (secondary N) is 2. The second kappa shape index (κ2) is 6.75. The molecule has 1 aromatic heterocycles. The van der Waals surface area contributed by atoms with Gasteiger partial charge in [0.25, 0.3) is 0 Å². The maximum atomic E-state index is 13.7. The Morgan fingerprint density at radius 1 is 1.17 bits per heavy atom. The molecule has 0 bridgehead atoms. The number of piperidine rings is 1. The van der Waals surface area contributed by atoms with E-state index in [-0.39, 0.29) is 16.9 Å². The van der Waals surface area contributed by atoms with Crippen LogP contribution < -0.4 is 16.4 Å². The molecule has 1 aliphatic heterocycles. The molecule has 0 unspecified atom stereocenters. The first-order chi connectivity index (χ1) is 11.1. The van der Waals surface area contributed by atoms with Crippen molar-refractivity contribution in [3.05, 3.63) is 53.3 Å². The number of anilines is 2. The number of ketones is 1. The van der Waals surface area contributed by atoms with Gasteiger partial charge in [0.15, 0.2) is 5.78 Å². The number of nitrogens with two attached hydrogens (primary N) is 1. The molecule has 6 heteroatoms. The van der Waals surface area contributed by atoms with E-state index in [1.54, 1.807) is 24.3 Å². The Morgan fingerprint density at radius 3 is 2.61 bits per heavy atom. The molecular formula is C17H19FN4O. The van der Waals surface area contributed by atoms with Crippen LogP contribution in [0, 0.1) is 5.82 Å². The Labute approximate surface area is 134 Å². The Kier molecular flexibility index (Phi) is 4.52. The molecule has 1 aliphatic rings. The van der Waals surface area contributed by atoms with Crippen LogP contribution >= 0.6 is 0 Å². The predicted octanol–water partition coefficient (Wildman–Crippen LogP) is 2.20. The van der Waals surface area contributed by atoms with Crippen LogP contribution in [-0.4, -0.2) is 29.9 Å². The molecule has 2 heterocycles. The SMILES string of the molecule is Nc1nc(NC2CCNCC2)ccc1C(=O)c1ccccc1F. The first-order valence-corrected chi connectivity index (χ1v) is 7.68. The molecule has 1 fully saturated rings. The zero-order valence-corrected chi connectivity index (χ0v) is 12.7. The standard InChI is InChI=1S/C17H19FN4O/c18-14-4-2-1-3-12(14)16(23)13-5-6-15(22-17(13)19)21-11-7-9-20-10-8-11/h1-6,11,20H,7-10H2,(H3,19,21,22). The monoisotopic (exact) mass is 314 g/mol. The van der Waals surface area contributed by atoms with Crippen LogP contribution in [0.5, 0.6) is 0 Å². The number of nitrogens with zero attached hydrogens (tertiary/aromatic N) is 1. The average Bonchev–Trinajstić information content (AvgIpc) is 2.56. The summed E-state index contributed by atoms with van der Waals surface area (Å²) in [6.07, 6.45) is 2.02. The van der Waals surface area contributed by atoms with E-state index in [0.717, 1.165) is 25.9 Å². The van der Waals surface area contributed by atoms with Crippen molar-refractivity contribution < 1.29 is 9.18 Å².